The summed E-state index contributed by atoms with van der Waals surface area (Å²) in [6.07, 6.45) is 12.7. The number of hydrogen-bond donors (Lipinski definition) is 2. The number of anilines is 1. The molecule has 2 heterocycles. The second kappa shape index (κ2) is 13.4. The predicted octanol–water partition coefficient (Wildman–Crippen LogP) is 7.40. The van der Waals surface area contributed by atoms with E-state index in [4.69, 9.17) is 10.7 Å². The van der Waals surface area contributed by atoms with Gasteiger partial charge in [-0.3, -0.25) is 0 Å². The minimum Gasteiger partial charge on any atom is -0.382 e. The largest absolute Gasteiger partial charge is 0.382 e. The number of para-hydroxylation sites is 1. The van der Waals surface area contributed by atoms with Crippen LogP contribution in [0.15, 0.2) is 48.5 Å². The summed E-state index contributed by atoms with van der Waals surface area (Å²) in [4.78, 5) is 9.58. The molecular weight excluding hydrogens is 442 g/mol. The third kappa shape index (κ3) is 6.64. The summed E-state index contributed by atoms with van der Waals surface area (Å²) in [5, 5.41) is 4.73. The van der Waals surface area contributed by atoms with E-state index >= 15 is 0 Å². The normalized spacial score (nSPS) is 11.6. The fourth-order valence-electron chi connectivity index (χ4n) is 4.99. The van der Waals surface area contributed by atoms with E-state index in [1.807, 2.05) is 12.1 Å². The van der Waals surface area contributed by atoms with Crippen molar-refractivity contribution >= 4 is 27.8 Å². The number of unbranched alkanes of at least 4 members (excludes halogenated alkanes) is 7. The number of nitrogens with one attached hydrogen (secondary N) is 1. The van der Waals surface area contributed by atoms with Crippen molar-refractivity contribution in [2.45, 2.75) is 91.1 Å². The van der Waals surface area contributed by atoms with E-state index in [2.05, 4.69) is 65.1 Å². The van der Waals surface area contributed by atoms with Crippen molar-refractivity contribution in [2.24, 2.45) is 0 Å². The number of benzene rings is 2. The molecule has 0 saturated heterocycles. The summed E-state index contributed by atoms with van der Waals surface area (Å²) >= 11 is 0. The molecule has 2 aromatic carbocycles. The highest BCUT2D eigenvalue weighted by molar-refractivity contribution is 6.06. The Morgan fingerprint density at radius 2 is 1.47 bits per heavy atom. The SMILES string of the molecule is CCCCCCCCCNCc1ccc(Cn2c(CCCC)nc3c(N)nc4ccccc4c32)cc1. The number of rotatable bonds is 15. The number of imidazole rings is 1. The summed E-state index contributed by atoms with van der Waals surface area (Å²) in [5.74, 6) is 1.61. The molecule has 0 saturated carbocycles. The zero-order chi connectivity index (χ0) is 25.2. The fraction of sp³-hybridized carbons (Fsp3) is 0.484. The molecule has 0 atom stereocenters. The third-order valence-electron chi connectivity index (χ3n) is 7.09. The van der Waals surface area contributed by atoms with Crippen LogP contribution in [0, 0.1) is 0 Å². The Kier molecular flexibility index (Phi) is 9.74. The van der Waals surface area contributed by atoms with Crippen LogP contribution >= 0.6 is 0 Å². The van der Waals surface area contributed by atoms with E-state index in [1.54, 1.807) is 0 Å². The molecule has 0 fully saturated rings. The highest BCUT2D eigenvalue weighted by atomic mass is 15.1. The molecule has 3 N–H and O–H groups in total. The van der Waals surface area contributed by atoms with Gasteiger partial charge in [0.15, 0.2) is 5.82 Å². The van der Waals surface area contributed by atoms with Crippen molar-refractivity contribution in [1.82, 2.24) is 19.9 Å². The van der Waals surface area contributed by atoms with Gasteiger partial charge in [-0.05, 0) is 36.6 Å². The van der Waals surface area contributed by atoms with Crippen LogP contribution in [0.5, 0.6) is 0 Å². The standard InChI is InChI=1S/C31H43N5/c1-3-5-7-8-9-10-13-21-33-22-24-17-19-25(20-18-24)23-36-28(16-6-4-2)35-29-30(36)26-14-11-12-15-27(26)34-31(29)32/h11-12,14-15,17-20,33H,3-10,13,16,21-23H2,1-2H3,(H2,32,34). The van der Waals surface area contributed by atoms with Crippen LogP contribution in [0.4, 0.5) is 5.82 Å². The van der Waals surface area contributed by atoms with Gasteiger partial charge in [0.05, 0.1) is 11.0 Å². The first-order valence-corrected chi connectivity index (χ1v) is 14.0. The molecule has 2 aromatic heterocycles. The molecule has 0 aliphatic heterocycles. The lowest BCUT2D eigenvalue weighted by Crippen LogP contribution is -2.14. The molecule has 0 amide bonds. The Balaban J connectivity index is 1.42. The lowest BCUT2D eigenvalue weighted by atomic mass is 10.1. The van der Waals surface area contributed by atoms with Crippen LogP contribution in [-0.4, -0.2) is 21.1 Å². The van der Waals surface area contributed by atoms with E-state index in [0.717, 1.165) is 66.7 Å². The van der Waals surface area contributed by atoms with Gasteiger partial charge in [-0.1, -0.05) is 101 Å². The van der Waals surface area contributed by atoms with E-state index in [9.17, 15) is 0 Å². The van der Waals surface area contributed by atoms with Gasteiger partial charge in [-0.2, -0.15) is 0 Å². The molecular formula is C31H43N5. The molecule has 36 heavy (non-hydrogen) atoms. The lowest BCUT2D eigenvalue weighted by Gasteiger charge is -2.12. The second-order valence-electron chi connectivity index (χ2n) is 10.0. The van der Waals surface area contributed by atoms with Gasteiger partial charge in [0, 0.05) is 24.9 Å². The molecule has 0 radical (unpaired) electrons. The average molecular weight is 486 g/mol. The monoisotopic (exact) mass is 485 g/mol. The Bertz CT molecular complexity index is 1230. The summed E-state index contributed by atoms with van der Waals surface area (Å²) in [6, 6.07) is 17.3. The van der Waals surface area contributed by atoms with E-state index < -0.39 is 0 Å². The molecule has 0 aliphatic rings. The summed E-state index contributed by atoms with van der Waals surface area (Å²) in [5.41, 5.74) is 11.8. The van der Waals surface area contributed by atoms with Crippen molar-refractivity contribution in [3.63, 3.8) is 0 Å². The predicted molar refractivity (Wildman–Crippen MR) is 153 cm³/mol. The number of pyridine rings is 1. The number of nitrogens with two attached hydrogens (primary N) is 1. The summed E-state index contributed by atoms with van der Waals surface area (Å²) < 4.78 is 2.36. The van der Waals surface area contributed by atoms with Gasteiger partial charge in [-0.25, -0.2) is 9.97 Å². The number of aromatic nitrogens is 3. The lowest BCUT2D eigenvalue weighted by molar-refractivity contribution is 0.562. The number of hydrogen-bond acceptors (Lipinski definition) is 4. The Labute approximate surface area is 216 Å². The van der Waals surface area contributed by atoms with Crippen LogP contribution in [0.2, 0.25) is 0 Å². The molecule has 4 rings (SSSR count). The van der Waals surface area contributed by atoms with Crippen molar-refractivity contribution in [3.8, 4) is 0 Å². The first-order valence-electron chi connectivity index (χ1n) is 14.0. The Hall–Kier alpha value is -2.92. The molecule has 0 bridgehead atoms. The first-order chi connectivity index (χ1) is 17.7. The first kappa shape index (κ1) is 26.2. The third-order valence-corrected chi connectivity index (χ3v) is 7.09. The number of aryl methyl sites for hydroxylation is 1. The molecule has 5 nitrogen and oxygen atoms in total. The molecule has 0 aliphatic carbocycles. The van der Waals surface area contributed by atoms with E-state index in [-0.39, 0.29) is 0 Å². The minimum absolute atomic E-state index is 0.516. The highest BCUT2D eigenvalue weighted by Crippen LogP contribution is 2.30. The van der Waals surface area contributed by atoms with Gasteiger partial charge in [0.1, 0.15) is 11.3 Å². The Morgan fingerprint density at radius 3 is 2.25 bits per heavy atom. The quantitative estimate of drug-likeness (QED) is 0.172. The Morgan fingerprint density at radius 1 is 0.778 bits per heavy atom. The van der Waals surface area contributed by atoms with E-state index in [0.29, 0.717) is 5.82 Å². The van der Waals surface area contributed by atoms with Gasteiger partial charge in [-0.15, -0.1) is 0 Å². The van der Waals surface area contributed by atoms with Crippen LogP contribution in [0.25, 0.3) is 21.9 Å². The topological polar surface area (TPSA) is 68.8 Å². The molecule has 192 valence electrons. The summed E-state index contributed by atoms with van der Waals surface area (Å²) in [6.45, 7) is 7.31. The maximum atomic E-state index is 6.36. The maximum Gasteiger partial charge on any atom is 0.152 e. The number of nitrogens with zero attached hydrogens (tertiary/aromatic N) is 3. The fourth-order valence-corrected chi connectivity index (χ4v) is 4.99. The molecule has 4 aromatic rings. The van der Waals surface area contributed by atoms with Gasteiger partial charge in [0.2, 0.25) is 0 Å². The second-order valence-corrected chi connectivity index (χ2v) is 10.0. The number of nitrogen functional groups attached to an aromatic ring is 1. The van der Waals surface area contributed by atoms with Gasteiger partial charge >= 0.3 is 0 Å². The van der Waals surface area contributed by atoms with Crippen molar-refractivity contribution in [2.75, 3.05) is 12.3 Å². The number of fused-ring (bicyclic) bond motifs is 3. The van der Waals surface area contributed by atoms with Crippen LogP contribution in [0.1, 0.15) is 88.6 Å². The summed E-state index contributed by atoms with van der Waals surface area (Å²) in [7, 11) is 0. The van der Waals surface area contributed by atoms with Crippen LogP contribution in [0.3, 0.4) is 0 Å². The average Bonchev–Trinajstić information content (AvgIpc) is 3.26. The van der Waals surface area contributed by atoms with Crippen molar-refractivity contribution in [3.05, 3.63) is 65.5 Å². The zero-order valence-corrected chi connectivity index (χ0v) is 22.2. The van der Waals surface area contributed by atoms with Crippen molar-refractivity contribution in [1.29, 1.82) is 0 Å². The highest BCUT2D eigenvalue weighted by Gasteiger charge is 2.17. The smallest absolute Gasteiger partial charge is 0.152 e. The van der Waals surface area contributed by atoms with E-state index in [1.165, 1.54) is 56.1 Å². The molecule has 5 heteroatoms. The zero-order valence-electron chi connectivity index (χ0n) is 22.2. The maximum absolute atomic E-state index is 6.36. The minimum atomic E-state index is 0.516. The molecule has 0 unspecified atom stereocenters. The molecule has 0 spiro atoms. The van der Waals surface area contributed by atoms with Gasteiger partial charge < -0.3 is 15.6 Å². The van der Waals surface area contributed by atoms with Crippen LogP contribution in [-0.2, 0) is 19.5 Å². The van der Waals surface area contributed by atoms with Gasteiger partial charge in [0.25, 0.3) is 0 Å². The van der Waals surface area contributed by atoms with Crippen molar-refractivity contribution < 1.29 is 0 Å². The van der Waals surface area contributed by atoms with Crippen LogP contribution < -0.4 is 11.1 Å².